The molecule has 302 valence electrons. The lowest BCUT2D eigenvalue weighted by Crippen LogP contribution is -2.31. The largest absolute Gasteiger partial charge is 0.476 e. The van der Waals surface area contributed by atoms with E-state index in [2.05, 4.69) is 57.2 Å². The Bertz CT molecular complexity index is 2450. The molecule has 3 heterocycles. The summed E-state index contributed by atoms with van der Waals surface area (Å²) in [5.74, 6) is 2.68. The van der Waals surface area contributed by atoms with Gasteiger partial charge in [0.1, 0.15) is 16.4 Å². The number of allylic oxidation sites excluding steroid dienone is 1. The average Bonchev–Trinajstić information content (AvgIpc) is 3.71. The number of carbonyl (C=O) groups excluding carboxylic acids is 1. The minimum atomic E-state index is -4.40. The van der Waals surface area contributed by atoms with Gasteiger partial charge in [-0.1, -0.05) is 55.1 Å². The highest BCUT2D eigenvalue weighted by molar-refractivity contribution is 7.90. The highest BCUT2D eigenvalue weighted by atomic mass is 35.5. The normalized spacial score (nSPS) is 15.8. The first-order valence-electron chi connectivity index (χ1n) is 19.5. The van der Waals surface area contributed by atoms with E-state index in [1.807, 2.05) is 30.3 Å². The molecular weight excluding hydrogens is 774 g/mol. The number of ether oxygens (including phenoxy) is 3. The molecule has 0 radical (unpaired) electrons. The molecule has 2 aromatic heterocycles. The Kier molecular flexibility index (Phi) is 12.7. The molecule has 3 aromatic carbocycles. The van der Waals surface area contributed by atoms with Crippen molar-refractivity contribution in [2.24, 2.45) is 11.3 Å². The van der Waals surface area contributed by atoms with E-state index in [0.717, 1.165) is 60.8 Å². The van der Waals surface area contributed by atoms with E-state index in [-0.39, 0.29) is 39.0 Å². The number of hydrogen-bond acceptors (Lipinski definition) is 9. The van der Waals surface area contributed by atoms with Crippen molar-refractivity contribution >= 4 is 49.7 Å². The zero-order valence-corrected chi connectivity index (χ0v) is 34.3. The number of rotatable bonds is 15. The number of sulfonamides is 1. The maximum Gasteiger partial charge on any atom is 0.268 e. The maximum atomic E-state index is 13.8. The zero-order chi connectivity index (χ0) is 40.7. The van der Waals surface area contributed by atoms with Crippen molar-refractivity contribution in [3.05, 3.63) is 112 Å². The predicted octanol–water partition coefficient (Wildman–Crippen LogP) is 8.58. The van der Waals surface area contributed by atoms with Crippen LogP contribution in [-0.4, -0.2) is 63.7 Å². The fourth-order valence-electron chi connectivity index (χ4n) is 7.33. The Labute approximate surface area is 345 Å². The van der Waals surface area contributed by atoms with E-state index in [4.69, 9.17) is 32.2 Å². The Hall–Kier alpha value is -5.32. The van der Waals surface area contributed by atoms with E-state index in [1.54, 1.807) is 30.5 Å². The molecule has 58 heavy (non-hydrogen) atoms. The summed E-state index contributed by atoms with van der Waals surface area (Å²) in [5, 5.41) is 8.54. The highest BCUT2D eigenvalue weighted by Crippen LogP contribution is 2.43. The molecule has 2 aliphatic rings. The molecule has 13 heteroatoms. The molecule has 7 rings (SSSR count). The van der Waals surface area contributed by atoms with Gasteiger partial charge in [-0.15, -0.1) is 6.42 Å². The number of nitrogens with zero attached hydrogens (tertiary/aromatic N) is 1. The van der Waals surface area contributed by atoms with Crippen LogP contribution in [0, 0.1) is 23.7 Å². The SMILES string of the molecule is C#Cc1cc(S(=O)(=O)NC(=O)c2ccc(NCCNCC3=C(c4ccc(Cl)cc4)CC(C)(C)CC3)cc2Oc2cccc3[nH]ccc23)cnc1OCC1CCOCC1. The van der Waals surface area contributed by atoms with Gasteiger partial charge in [-0.25, -0.2) is 18.1 Å². The van der Waals surface area contributed by atoms with Crippen LogP contribution in [-0.2, 0) is 14.8 Å². The van der Waals surface area contributed by atoms with Crippen molar-refractivity contribution in [3.8, 4) is 29.7 Å². The summed E-state index contributed by atoms with van der Waals surface area (Å²) in [7, 11) is -4.40. The second-order valence-electron chi connectivity index (χ2n) is 15.5. The van der Waals surface area contributed by atoms with Gasteiger partial charge in [0, 0.05) is 66.7 Å². The quantitative estimate of drug-likeness (QED) is 0.0603. The molecule has 1 fully saturated rings. The molecule has 0 bridgehead atoms. The number of H-pyrrole nitrogens is 1. The number of terminal acetylenes is 1. The fraction of sp³-hybridized carbons (Fsp3) is 0.333. The summed E-state index contributed by atoms with van der Waals surface area (Å²) in [6.07, 6.45) is 13.5. The number of amides is 1. The average molecular weight is 822 g/mol. The minimum absolute atomic E-state index is 0.0169. The second kappa shape index (κ2) is 18.1. The van der Waals surface area contributed by atoms with Gasteiger partial charge in [-0.2, -0.15) is 0 Å². The van der Waals surface area contributed by atoms with Gasteiger partial charge in [-0.05, 0) is 103 Å². The van der Waals surface area contributed by atoms with Gasteiger partial charge in [-0.3, -0.25) is 4.79 Å². The molecule has 0 atom stereocenters. The number of halogens is 1. The van der Waals surface area contributed by atoms with Crippen LogP contribution in [0.15, 0.2) is 95.7 Å². The van der Waals surface area contributed by atoms with Crippen LogP contribution in [0.5, 0.6) is 17.4 Å². The first kappa shape index (κ1) is 40.9. The molecule has 11 nitrogen and oxygen atoms in total. The summed E-state index contributed by atoms with van der Waals surface area (Å²) in [5.41, 5.74) is 5.95. The number of benzene rings is 3. The molecule has 0 spiro atoms. The van der Waals surface area contributed by atoms with Crippen molar-refractivity contribution in [1.29, 1.82) is 0 Å². The van der Waals surface area contributed by atoms with Crippen molar-refractivity contribution in [2.75, 3.05) is 44.8 Å². The fourth-order valence-corrected chi connectivity index (χ4v) is 8.39. The molecule has 5 aromatic rings. The van der Waals surface area contributed by atoms with E-state index < -0.39 is 15.9 Å². The van der Waals surface area contributed by atoms with Crippen LogP contribution in [0.2, 0.25) is 5.02 Å². The maximum absolute atomic E-state index is 13.8. The molecule has 1 aliphatic carbocycles. The Morgan fingerprint density at radius 3 is 2.66 bits per heavy atom. The van der Waals surface area contributed by atoms with Crippen LogP contribution in [0.1, 0.15) is 67.4 Å². The van der Waals surface area contributed by atoms with Gasteiger partial charge in [0.05, 0.1) is 23.9 Å². The summed E-state index contributed by atoms with van der Waals surface area (Å²) in [4.78, 5) is 20.9. The van der Waals surface area contributed by atoms with Crippen LogP contribution in [0.3, 0.4) is 0 Å². The van der Waals surface area contributed by atoms with Crippen LogP contribution < -0.4 is 24.8 Å². The van der Waals surface area contributed by atoms with Crippen molar-refractivity contribution in [2.45, 2.75) is 50.8 Å². The lowest BCUT2D eigenvalue weighted by atomic mass is 9.72. The number of aromatic amines is 1. The molecule has 1 amide bonds. The monoisotopic (exact) mass is 821 g/mol. The molecule has 0 saturated carbocycles. The lowest BCUT2D eigenvalue weighted by Gasteiger charge is -2.34. The number of pyridine rings is 1. The summed E-state index contributed by atoms with van der Waals surface area (Å²) in [6, 6.07) is 21.7. The third kappa shape index (κ3) is 10.0. The molecule has 1 saturated heterocycles. The van der Waals surface area contributed by atoms with Crippen molar-refractivity contribution < 1.29 is 27.4 Å². The molecule has 1 aliphatic heterocycles. The van der Waals surface area contributed by atoms with E-state index in [9.17, 15) is 13.2 Å². The summed E-state index contributed by atoms with van der Waals surface area (Å²) >= 11 is 6.19. The van der Waals surface area contributed by atoms with Gasteiger partial charge in [0.2, 0.25) is 5.88 Å². The van der Waals surface area contributed by atoms with E-state index in [1.165, 1.54) is 22.8 Å². The van der Waals surface area contributed by atoms with Crippen molar-refractivity contribution in [3.63, 3.8) is 0 Å². The van der Waals surface area contributed by atoms with E-state index >= 15 is 0 Å². The van der Waals surface area contributed by atoms with E-state index in [0.29, 0.717) is 44.3 Å². The molecular formula is C45H48ClN5O6S. The number of carbonyl (C=O) groups is 1. The van der Waals surface area contributed by atoms with Crippen LogP contribution in [0.25, 0.3) is 16.5 Å². The minimum Gasteiger partial charge on any atom is -0.476 e. The Balaban J connectivity index is 1.05. The van der Waals surface area contributed by atoms with Gasteiger partial charge in [0.15, 0.2) is 0 Å². The second-order valence-corrected chi connectivity index (χ2v) is 17.6. The first-order chi connectivity index (χ1) is 28.0. The number of anilines is 1. The number of nitrogens with one attached hydrogen (secondary N) is 4. The van der Waals surface area contributed by atoms with Crippen LogP contribution in [0.4, 0.5) is 5.69 Å². The number of hydrogen-bond donors (Lipinski definition) is 4. The smallest absolute Gasteiger partial charge is 0.268 e. The number of aromatic nitrogens is 2. The highest BCUT2D eigenvalue weighted by Gasteiger charge is 2.28. The third-order valence-electron chi connectivity index (χ3n) is 10.7. The topological polar surface area (TPSA) is 144 Å². The summed E-state index contributed by atoms with van der Waals surface area (Å²) in [6.45, 7) is 8.37. The molecule has 0 unspecified atom stereocenters. The number of fused-ring (bicyclic) bond motifs is 1. The third-order valence-corrected chi connectivity index (χ3v) is 12.2. The molecule has 4 N–H and O–H groups in total. The Morgan fingerprint density at radius 1 is 1.05 bits per heavy atom. The van der Waals surface area contributed by atoms with Gasteiger partial charge < -0.3 is 29.8 Å². The van der Waals surface area contributed by atoms with Gasteiger partial charge >= 0.3 is 0 Å². The first-order valence-corrected chi connectivity index (χ1v) is 21.4. The van der Waals surface area contributed by atoms with Crippen LogP contribution >= 0.6 is 11.6 Å². The zero-order valence-electron chi connectivity index (χ0n) is 32.7. The predicted molar refractivity (Wildman–Crippen MR) is 228 cm³/mol. The lowest BCUT2D eigenvalue weighted by molar-refractivity contribution is 0.0490. The Morgan fingerprint density at radius 2 is 1.86 bits per heavy atom. The standard InChI is InChI=1S/C45H48ClN5O6S/c1-4-31-24-36(28-50-44(31)56-29-30-16-22-55-23-17-30)58(53,54)51-43(52)38-13-12-35(25-42(38)57-41-7-5-6-40-37(41)15-19-49-40)48-21-20-47-27-33-14-18-45(2,3)26-39(33)32-8-10-34(46)11-9-32/h1,5-13,15,19,24-25,28,30,47-49H,14,16-18,20-23,26-27,29H2,2-3H3,(H,51,52). The van der Waals surface area contributed by atoms with Crippen molar-refractivity contribution in [1.82, 2.24) is 20.0 Å². The summed E-state index contributed by atoms with van der Waals surface area (Å²) < 4.78 is 47.0. The van der Waals surface area contributed by atoms with Gasteiger partial charge in [0.25, 0.3) is 15.9 Å².